The van der Waals surface area contributed by atoms with E-state index in [2.05, 4.69) is 8.75 Å². The highest BCUT2D eigenvalue weighted by atomic mass is 32.1. The van der Waals surface area contributed by atoms with Gasteiger partial charge in [-0.05, 0) is 47.3 Å². The maximum Gasteiger partial charge on any atom is 0.289 e. The van der Waals surface area contributed by atoms with E-state index in [1.165, 1.54) is 23.1 Å². The molecule has 0 spiro atoms. The third kappa shape index (κ3) is 1.90. The van der Waals surface area contributed by atoms with Crippen LogP contribution in [0.15, 0.2) is 48.5 Å². The molecule has 6 heteroatoms. The molecule has 0 amide bonds. The van der Waals surface area contributed by atoms with Crippen LogP contribution in [0.5, 0.6) is 11.8 Å². The predicted octanol–water partition coefficient (Wildman–Crippen LogP) is 4.28. The highest BCUT2D eigenvalue weighted by Gasteiger charge is 2.12. The van der Waals surface area contributed by atoms with Gasteiger partial charge >= 0.3 is 0 Å². The number of fused-ring (bicyclic) bond motifs is 2. The van der Waals surface area contributed by atoms with Crippen molar-refractivity contribution >= 4 is 43.2 Å². The summed E-state index contributed by atoms with van der Waals surface area (Å²) in [5.74, 6) is 0.949. The largest absolute Gasteiger partial charge is 0.289 e. The Morgan fingerprint density at radius 2 is 1.10 bits per heavy atom. The molecule has 0 saturated heterocycles. The summed E-state index contributed by atoms with van der Waals surface area (Å²) in [4.78, 5) is 10.7. The molecular weight excluding hydrogens is 292 g/mol. The second-order valence-corrected chi connectivity index (χ2v) is 5.74. The van der Waals surface area contributed by atoms with Gasteiger partial charge in [-0.15, -0.1) is 0 Å². The van der Waals surface area contributed by atoms with Gasteiger partial charge in [-0.25, -0.2) is 0 Å². The van der Waals surface area contributed by atoms with Crippen molar-refractivity contribution in [2.75, 3.05) is 0 Å². The van der Waals surface area contributed by atoms with E-state index in [0.717, 1.165) is 20.2 Å². The van der Waals surface area contributed by atoms with Gasteiger partial charge in [0.2, 0.25) is 0 Å². The average Bonchev–Trinajstić information content (AvgIpc) is 3.09. The number of aromatic nitrogens is 2. The van der Waals surface area contributed by atoms with Crippen LogP contribution >= 0.6 is 23.1 Å². The van der Waals surface area contributed by atoms with Gasteiger partial charge < -0.3 is 0 Å². The Hall–Kier alpha value is -2.18. The number of hydrogen-bond donors (Lipinski definition) is 0. The molecule has 4 nitrogen and oxygen atoms in total. The normalized spacial score (nSPS) is 11.0. The van der Waals surface area contributed by atoms with Crippen molar-refractivity contribution < 1.29 is 9.78 Å². The molecule has 0 atom stereocenters. The van der Waals surface area contributed by atoms with E-state index in [9.17, 15) is 0 Å². The zero-order valence-corrected chi connectivity index (χ0v) is 11.8. The monoisotopic (exact) mass is 300 g/mol. The summed E-state index contributed by atoms with van der Waals surface area (Å²) in [6.07, 6.45) is 0. The van der Waals surface area contributed by atoms with Crippen molar-refractivity contribution in [3.05, 3.63) is 48.5 Å². The van der Waals surface area contributed by atoms with E-state index >= 15 is 0 Å². The minimum absolute atomic E-state index is 0.475. The summed E-state index contributed by atoms with van der Waals surface area (Å²) in [6.45, 7) is 0. The molecule has 98 valence electrons. The molecule has 0 unspecified atom stereocenters. The highest BCUT2D eigenvalue weighted by molar-refractivity contribution is 7.13. The lowest BCUT2D eigenvalue weighted by molar-refractivity contribution is -0.104. The van der Waals surface area contributed by atoms with Crippen molar-refractivity contribution in [3.63, 3.8) is 0 Å². The maximum absolute atomic E-state index is 5.36. The SMILES string of the molecule is c1ccc2c(OOc3nsc4ccccc34)nsc2c1. The van der Waals surface area contributed by atoms with Gasteiger partial charge in [0.05, 0.1) is 20.2 Å². The zero-order valence-electron chi connectivity index (χ0n) is 10.1. The molecule has 20 heavy (non-hydrogen) atoms. The Bertz CT molecular complexity index is 811. The molecule has 4 rings (SSSR count). The smallest absolute Gasteiger partial charge is 0.266 e. The molecule has 0 N–H and O–H groups in total. The third-order valence-corrected chi connectivity index (χ3v) is 4.51. The molecule has 0 aliphatic carbocycles. The first-order valence-electron chi connectivity index (χ1n) is 5.95. The van der Waals surface area contributed by atoms with E-state index in [1.54, 1.807) is 0 Å². The molecule has 4 aromatic rings. The van der Waals surface area contributed by atoms with Crippen LogP contribution in [0.1, 0.15) is 0 Å². The number of rotatable bonds is 3. The molecule has 2 aromatic heterocycles. The molecule has 0 fully saturated rings. The Kier molecular flexibility index (Phi) is 2.75. The van der Waals surface area contributed by atoms with Crippen LogP contribution in [0.3, 0.4) is 0 Å². The summed E-state index contributed by atoms with van der Waals surface area (Å²) in [5, 5.41) is 1.88. The van der Waals surface area contributed by atoms with Gasteiger partial charge in [0.1, 0.15) is 0 Å². The zero-order chi connectivity index (χ0) is 13.4. The maximum atomic E-state index is 5.36. The summed E-state index contributed by atoms with van der Waals surface area (Å²) in [6, 6.07) is 15.7. The molecule has 0 saturated carbocycles. The summed E-state index contributed by atoms with van der Waals surface area (Å²) in [5.41, 5.74) is 0. The first-order chi connectivity index (χ1) is 9.92. The van der Waals surface area contributed by atoms with Crippen molar-refractivity contribution in [2.24, 2.45) is 0 Å². The van der Waals surface area contributed by atoms with E-state index in [0.29, 0.717) is 11.8 Å². The molecule has 0 radical (unpaired) electrons. The van der Waals surface area contributed by atoms with Crippen LogP contribution in [0, 0.1) is 0 Å². The van der Waals surface area contributed by atoms with Crippen LogP contribution in [0.4, 0.5) is 0 Å². The second-order valence-electron chi connectivity index (χ2n) is 4.13. The Morgan fingerprint density at radius 3 is 1.60 bits per heavy atom. The summed E-state index contributed by atoms with van der Waals surface area (Å²) < 4.78 is 10.6. The lowest BCUT2D eigenvalue weighted by Gasteiger charge is -2.00. The Morgan fingerprint density at radius 1 is 0.650 bits per heavy atom. The number of benzene rings is 2. The quantitative estimate of drug-likeness (QED) is 0.418. The number of nitrogens with zero attached hydrogens (tertiary/aromatic N) is 2. The van der Waals surface area contributed by atoms with Crippen LogP contribution < -0.4 is 9.78 Å². The predicted molar refractivity (Wildman–Crippen MR) is 80.5 cm³/mol. The average molecular weight is 300 g/mol. The first kappa shape index (κ1) is 11.6. The van der Waals surface area contributed by atoms with Crippen molar-refractivity contribution in [1.82, 2.24) is 8.75 Å². The minimum atomic E-state index is 0.475. The number of hydrogen-bond acceptors (Lipinski definition) is 6. The topological polar surface area (TPSA) is 44.2 Å². The van der Waals surface area contributed by atoms with Gasteiger partial charge in [0.25, 0.3) is 11.8 Å². The highest BCUT2D eigenvalue weighted by Crippen LogP contribution is 2.31. The summed E-state index contributed by atoms with van der Waals surface area (Å²) in [7, 11) is 0. The Balaban J connectivity index is 1.64. The molecule has 0 aliphatic heterocycles. The van der Waals surface area contributed by atoms with Crippen molar-refractivity contribution in [2.45, 2.75) is 0 Å². The van der Waals surface area contributed by atoms with Crippen LogP contribution in [-0.4, -0.2) is 8.75 Å². The standard InChI is InChI=1S/C14H8N2O2S2/c1-3-7-11-9(5-1)13(15-19-11)17-18-14-10-6-2-4-8-12(10)20-16-14/h1-8H. The van der Waals surface area contributed by atoms with Gasteiger partial charge in [-0.1, -0.05) is 24.3 Å². The molecule has 2 heterocycles. The van der Waals surface area contributed by atoms with Crippen LogP contribution in [0.2, 0.25) is 0 Å². The Labute approximate surface area is 122 Å². The van der Waals surface area contributed by atoms with Gasteiger partial charge in [0.15, 0.2) is 0 Å². The third-order valence-electron chi connectivity index (χ3n) is 2.89. The van der Waals surface area contributed by atoms with Crippen molar-refractivity contribution in [3.8, 4) is 11.8 Å². The van der Waals surface area contributed by atoms with Gasteiger partial charge in [-0.2, -0.15) is 8.75 Å². The fourth-order valence-electron chi connectivity index (χ4n) is 1.92. The van der Waals surface area contributed by atoms with Crippen molar-refractivity contribution in [1.29, 1.82) is 0 Å². The van der Waals surface area contributed by atoms with Crippen LogP contribution in [0.25, 0.3) is 20.2 Å². The lowest BCUT2D eigenvalue weighted by Crippen LogP contribution is -2.01. The lowest BCUT2D eigenvalue weighted by atomic mass is 10.3. The molecular formula is C14H8N2O2S2. The molecule has 0 aliphatic rings. The fourth-order valence-corrected chi connectivity index (χ4v) is 3.33. The van der Waals surface area contributed by atoms with E-state index in [4.69, 9.17) is 9.78 Å². The van der Waals surface area contributed by atoms with E-state index in [-0.39, 0.29) is 0 Å². The minimum Gasteiger partial charge on any atom is -0.266 e. The second kappa shape index (κ2) is 4.73. The van der Waals surface area contributed by atoms with Crippen LogP contribution in [-0.2, 0) is 0 Å². The van der Waals surface area contributed by atoms with E-state index in [1.807, 2.05) is 48.5 Å². The molecule has 2 aromatic carbocycles. The summed E-state index contributed by atoms with van der Waals surface area (Å²) >= 11 is 2.76. The van der Waals surface area contributed by atoms with Gasteiger partial charge in [0, 0.05) is 0 Å². The first-order valence-corrected chi connectivity index (χ1v) is 7.50. The fraction of sp³-hybridized carbons (Fsp3) is 0. The molecule has 0 bridgehead atoms. The van der Waals surface area contributed by atoms with E-state index < -0.39 is 0 Å². The van der Waals surface area contributed by atoms with Gasteiger partial charge in [-0.3, -0.25) is 9.78 Å².